The summed E-state index contributed by atoms with van der Waals surface area (Å²) in [6.07, 6.45) is 7.69. The Labute approximate surface area is 106 Å². The average Bonchev–Trinajstić information content (AvgIpc) is 2.86. The number of likely N-dealkylation sites (tertiary alicyclic amines) is 1. The lowest BCUT2D eigenvalue weighted by molar-refractivity contribution is 0.0696. The standard InChI is InChI=1S/C14H17N3O/c1-11-4-7-16(8-5-11)14(18)12-2-3-13-15-6-9-17(13)10-12/h2-3,6,9-11H,4-5,7-8H2,1H3. The molecule has 3 heterocycles. The summed E-state index contributed by atoms with van der Waals surface area (Å²) in [4.78, 5) is 18.5. The molecule has 1 amide bonds. The lowest BCUT2D eigenvalue weighted by Gasteiger charge is -2.30. The summed E-state index contributed by atoms with van der Waals surface area (Å²) in [5.74, 6) is 0.877. The Kier molecular flexibility index (Phi) is 2.78. The maximum Gasteiger partial charge on any atom is 0.255 e. The molecule has 0 radical (unpaired) electrons. The first-order valence-electron chi connectivity index (χ1n) is 6.46. The highest BCUT2D eigenvalue weighted by atomic mass is 16.2. The van der Waals surface area contributed by atoms with Gasteiger partial charge in [0.1, 0.15) is 5.65 Å². The Morgan fingerprint density at radius 2 is 2.11 bits per heavy atom. The van der Waals surface area contributed by atoms with Gasteiger partial charge in [0.15, 0.2) is 0 Å². The minimum atomic E-state index is 0.137. The number of aromatic nitrogens is 2. The minimum absolute atomic E-state index is 0.137. The molecule has 4 heteroatoms. The zero-order chi connectivity index (χ0) is 12.5. The summed E-state index contributed by atoms with van der Waals surface area (Å²) < 4.78 is 1.89. The molecule has 1 fully saturated rings. The lowest BCUT2D eigenvalue weighted by Crippen LogP contribution is -2.37. The maximum absolute atomic E-state index is 12.4. The molecule has 0 aromatic carbocycles. The predicted molar refractivity (Wildman–Crippen MR) is 69.5 cm³/mol. The molecule has 1 aliphatic rings. The summed E-state index contributed by atoms with van der Waals surface area (Å²) in [7, 11) is 0. The fourth-order valence-electron chi connectivity index (χ4n) is 2.44. The number of hydrogen-bond donors (Lipinski definition) is 0. The normalized spacial score (nSPS) is 17.3. The first-order chi connectivity index (χ1) is 8.74. The third-order valence-electron chi connectivity index (χ3n) is 3.71. The molecule has 0 saturated carbocycles. The largest absolute Gasteiger partial charge is 0.339 e. The molecule has 0 spiro atoms. The van der Waals surface area contributed by atoms with Crippen molar-refractivity contribution in [2.45, 2.75) is 19.8 Å². The number of fused-ring (bicyclic) bond motifs is 1. The quantitative estimate of drug-likeness (QED) is 0.770. The molecule has 0 aliphatic carbocycles. The van der Waals surface area contributed by atoms with Gasteiger partial charge < -0.3 is 9.30 Å². The minimum Gasteiger partial charge on any atom is -0.339 e. The fourth-order valence-corrected chi connectivity index (χ4v) is 2.44. The molecular formula is C14H17N3O. The summed E-state index contributed by atoms with van der Waals surface area (Å²) in [5.41, 5.74) is 1.62. The van der Waals surface area contributed by atoms with Crippen LogP contribution in [0.25, 0.3) is 5.65 Å². The van der Waals surface area contributed by atoms with Crippen LogP contribution < -0.4 is 0 Å². The van der Waals surface area contributed by atoms with Crippen LogP contribution in [0.5, 0.6) is 0 Å². The lowest BCUT2D eigenvalue weighted by atomic mass is 9.99. The molecule has 0 unspecified atom stereocenters. The number of hydrogen-bond acceptors (Lipinski definition) is 2. The van der Waals surface area contributed by atoms with Crippen molar-refractivity contribution in [1.29, 1.82) is 0 Å². The number of amides is 1. The Bertz CT molecular complexity index is 567. The van der Waals surface area contributed by atoms with Crippen LogP contribution in [0, 0.1) is 5.92 Å². The molecule has 2 aromatic rings. The molecule has 1 saturated heterocycles. The van der Waals surface area contributed by atoms with Crippen LogP contribution in [0.1, 0.15) is 30.1 Å². The Hall–Kier alpha value is -1.84. The van der Waals surface area contributed by atoms with Crippen molar-refractivity contribution in [3.05, 3.63) is 36.3 Å². The van der Waals surface area contributed by atoms with E-state index < -0.39 is 0 Å². The van der Waals surface area contributed by atoms with Gasteiger partial charge in [-0.25, -0.2) is 4.98 Å². The van der Waals surface area contributed by atoms with Crippen LogP contribution in [0.3, 0.4) is 0 Å². The predicted octanol–water partition coefficient (Wildman–Crippen LogP) is 2.21. The van der Waals surface area contributed by atoms with Crippen LogP contribution in [0.15, 0.2) is 30.7 Å². The molecule has 4 nitrogen and oxygen atoms in total. The van der Waals surface area contributed by atoms with Crippen molar-refractivity contribution in [2.24, 2.45) is 5.92 Å². The van der Waals surface area contributed by atoms with Crippen LogP contribution in [0.2, 0.25) is 0 Å². The maximum atomic E-state index is 12.4. The van der Waals surface area contributed by atoms with Gasteiger partial charge in [-0.3, -0.25) is 4.79 Å². The highest BCUT2D eigenvalue weighted by Gasteiger charge is 2.21. The average molecular weight is 243 g/mol. The summed E-state index contributed by atoms with van der Waals surface area (Å²) in [6.45, 7) is 4.00. The van der Waals surface area contributed by atoms with E-state index >= 15 is 0 Å². The third-order valence-corrected chi connectivity index (χ3v) is 3.71. The molecular weight excluding hydrogens is 226 g/mol. The Morgan fingerprint density at radius 1 is 1.33 bits per heavy atom. The van der Waals surface area contributed by atoms with Crippen LogP contribution in [-0.2, 0) is 0 Å². The van der Waals surface area contributed by atoms with Gasteiger partial charge in [-0.15, -0.1) is 0 Å². The number of pyridine rings is 1. The molecule has 1 aliphatic heterocycles. The smallest absolute Gasteiger partial charge is 0.255 e. The van der Waals surface area contributed by atoms with E-state index in [1.165, 1.54) is 0 Å². The zero-order valence-electron chi connectivity index (χ0n) is 10.5. The van der Waals surface area contributed by atoms with Crippen molar-refractivity contribution in [2.75, 3.05) is 13.1 Å². The van der Waals surface area contributed by atoms with Gasteiger partial charge in [-0.05, 0) is 30.9 Å². The van der Waals surface area contributed by atoms with E-state index in [1.807, 2.05) is 33.8 Å². The molecule has 2 aromatic heterocycles. The van der Waals surface area contributed by atoms with Gasteiger partial charge in [0.05, 0.1) is 5.56 Å². The van der Waals surface area contributed by atoms with E-state index in [2.05, 4.69) is 11.9 Å². The van der Waals surface area contributed by atoms with E-state index in [0.29, 0.717) is 0 Å². The molecule has 0 atom stereocenters. The zero-order valence-corrected chi connectivity index (χ0v) is 10.5. The van der Waals surface area contributed by atoms with Gasteiger partial charge in [0.2, 0.25) is 0 Å². The first-order valence-corrected chi connectivity index (χ1v) is 6.46. The first kappa shape index (κ1) is 11.3. The number of carbonyl (C=O) groups is 1. The highest BCUT2D eigenvalue weighted by Crippen LogP contribution is 2.18. The van der Waals surface area contributed by atoms with Gasteiger partial charge >= 0.3 is 0 Å². The van der Waals surface area contributed by atoms with Crippen molar-refractivity contribution < 1.29 is 4.79 Å². The number of piperidine rings is 1. The number of carbonyl (C=O) groups excluding carboxylic acids is 1. The number of rotatable bonds is 1. The second kappa shape index (κ2) is 4.44. The van der Waals surface area contributed by atoms with E-state index in [0.717, 1.165) is 43.1 Å². The Balaban J connectivity index is 1.82. The molecule has 0 N–H and O–H groups in total. The van der Waals surface area contributed by atoms with Crippen LogP contribution in [0.4, 0.5) is 0 Å². The highest BCUT2D eigenvalue weighted by molar-refractivity contribution is 5.94. The molecule has 0 bridgehead atoms. The van der Waals surface area contributed by atoms with Crippen molar-refractivity contribution in [3.8, 4) is 0 Å². The third kappa shape index (κ3) is 1.98. The van der Waals surface area contributed by atoms with Crippen molar-refractivity contribution in [1.82, 2.24) is 14.3 Å². The van der Waals surface area contributed by atoms with Gasteiger partial charge in [0.25, 0.3) is 5.91 Å². The number of nitrogens with zero attached hydrogens (tertiary/aromatic N) is 3. The van der Waals surface area contributed by atoms with E-state index in [4.69, 9.17) is 0 Å². The van der Waals surface area contributed by atoms with E-state index in [-0.39, 0.29) is 5.91 Å². The van der Waals surface area contributed by atoms with E-state index in [1.54, 1.807) is 6.20 Å². The monoisotopic (exact) mass is 243 g/mol. The SMILES string of the molecule is CC1CCN(C(=O)c2ccc3nccn3c2)CC1. The molecule has 94 valence electrons. The molecule has 3 rings (SSSR count). The second-order valence-corrected chi connectivity index (χ2v) is 5.09. The van der Waals surface area contributed by atoms with Gasteiger partial charge in [-0.1, -0.05) is 6.92 Å². The van der Waals surface area contributed by atoms with Gasteiger partial charge in [0, 0.05) is 31.7 Å². The Morgan fingerprint density at radius 3 is 2.89 bits per heavy atom. The van der Waals surface area contributed by atoms with E-state index in [9.17, 15) is 4.79 Å². The van der Waals surface area contributed by atoms with Gasteiger partial charge in [-0.2, -0.15) is 0 Å². The van der Waals surface area contributed by atoms with Crippen LogP contribution >= 0.6 is 0 Å². The summed E-state index contributed by atoms with van der Waals surface area (Å²) >= 11 is 0. The topological polar surface area (TPSA) is 37.6 Å². The summed E-state index contributed by atoms with van der Waals surface area (Å²) in [6, 6.07) is 3.75. The summed E-state index contributed by atoms with van der Waals surface area (Å²) in [5, 5.41) is 0. The van der Waals surface area contributed by atoms with Crippen molar-refractivity contribution >= 4 is 11.6 Å². The second-order valence-electron chi connectivity index (χ2n) is 5.09. The van der Waals surface area contributed by atoms with Crippen molar-refractivity contribution in [3.63, 3.8) is 0 Å². The fraction of sp³-hybridized carbons (Fsp3) is 0.429. The van der Waals surface area contributed by atoms with Crippen LogP contribution in [-0.4, -0.2) is 33.3 Å². The molecule has 18 heavy (non-hydrogen) atoms. The number of imidazole rings is 1.